The fraction of sp³-hybridized carbons (Fsp3) is 0.750. The zero-order valence-electron chi connectivity index (χ0n) is 11.8. The van der Waals surface area contributed by atoms with Gasteiger partial charge in [-0.25, -0.2) is 13.4 Å². The molecule has 1 fully saturated rings. The van der Waals surface area contributed by atoms with E-state index in [-0.39, 0.29) is 0 Å². The molecule has 5 nitrogen and oxygen atoms in total. The summed E-state index contributed by atoms with van der Waals surface area (Å²) in [5.74, 6) is 1.55. The average Bonchev–Trinajstić information content (AvgIpc) is 2.81. The van der Waals surface area contributed by atoms with Gasteiger partial charge in [-0.05, 0) is 6.42 Å². The molecule has 1 unspecified atom stereocenters. The average molecular weight is 336 g/mol. The van der Waals surface area contributed by atoms with Gasteiger partial charge in [-0.3, -0.25) is 0 Å². The Kier molecular flexibility index (Phi) is 5.33. The second kappa shape index (κ2) is 6.64. The summed E-state index contributed by atoms with van der Waals surface area (Å²) in [4.78, 5) is 7.66. The van der Waals surface area contributed by atoms with Crippen molar-refractivity contribution in [3.05, 3.63) is 10.6 Å². The maximum absolute atomic E-state index is 12.0. The normalized spacial score (nSPS) is 20.4. The van der Waals surface area contributed by atoms with E-state index in [1.165, 1.54) is 6.26 Å². The van der Waals surface area contributed by atoms with Crippen LogP contribution >= 0.6 is 23.1 Å². The maximum Gasteiger partial charge on any atom is 0.186 e. The zero-order chi connectivity index (χ0) is 14.8. The van der Waals surface area contributed by atoms with Crippen molar-refractivity contribution in [1.82, 2.24) is 4.98 Å². The van der Waals surface area contributed by atoms with E-state index in [4.69, 9.17) is 5.73 Å². The molecule has 0 aromatic carbocycles. The molecule has 0 radical (unpaired) electrons. The first-order valence-electron chi connectivity index (χ1n) is 6.69. The maximum atomic E-state index is 12.0. The number of hydrogen-bond donors (Lipinski definition) is 1. The van der Waals surface area contributed by atoms with Crippen LogP contribution in [-0.4, -0.2) is 43.1 Å². The third-order valence-corrected chi connectivity index (χ3v) is 7.06. The zero-order valence-corrected chi connectivity index (χ0v) is 14.3. The molecule has 0 bridgehead atoms. The third kappa shape index (κ3) is 3.47. The minimum atomic E-state index is -3.11. The van der Waals surface area contributed by atoms with Gasteiger partial charge in [0.2, 0.25) is 0 Å². The third-order valence-electron chi connectivity index (χ3n) is 3.26. The summed E-state index contributed by atoms with van der Waals surface area (Å²) in [5, 5.41) is 0.345. The SMILES string of the molecule is CCCc1nc(N2CCSCC2S(C)(=O)=O)sc1CN. The van der Waals surface area contributed by atoms with Gasteiger partial charge in [-0.15, -0.1) is 11.3 Å². The first kappa shape index (κ1) is 16.1. The Balaban J connectivity index is 2.33. The van der Waals surface area contributed by atoms with E-state index < -0.39 is 15.2 Å². The van der Waals surface area contributed by atoms with Gasteiger partial charge in [0.15, 0.2) is 15.0 Å². The van der Waals surface area contributed by atoms with E-state index in [0.717, 1.165) is 40.8 Å². The highest BCUT2D eigenvalue weighted by Crippen LogP contribution is 2.32. The van der Waals surface area contributed by atoms with Gasteiger partial charge in [0.05, 0.1) is 5.69 Å². The summed E-state index contributed by atoms with van der Waals surface area (Å²) in [7, 11) is -3.11. The van der Waals surface area contributed by atoms with Crippen molar-refractivity contribution in [2.24, 2.45) is 5.73 Å². The predicted molar refractivity (Wildman–Crippen MR) is 87.3 cm³/mol. The molecule has 20 heavy (non-hydrogen) atoms. The molecular weight excluding hydrogens is 314 g/mol. The van der Waals surface area contributed by atoms with Crippen LogP contribution in [0.15, 0.2) is 0 Å². The molecule has 0 aliphatic carbocycles. The summed E-state index contributed by atoms with van der Waals surface area (Å²) >= 11 is 3.23. The lowest BCUT2D eigenvalue weighted by Gasteiger charge is -2.33. The molecule has 2 N–H and O–H groups in total. The van der Waals surface area contributed by atoms with E-state index in [2.05, 4.69) is 11.9 Å². The molecule has 114 valence electrons. The minimum Gasteiger partial charge on any atom is -0.329 e. The lowest BCUT2D eigenvalue weighted by Crippen LogP contribution is -2.47. The molecule has 0 spiro atoms. The molecule has 1 aliphatic rings. The first-order chi connectivity index (χ1) is 9.47. The van der Waals surface area contributed by atoms with Crippen LogP contribution in [0.4, 0.5) is 5.13 Å². The van der Waals surface area contributed by atoms with Crippen LogP contribution in [0.2, 0.25) is 0 Å². The number of rotatable bonds is 5. The second-order valence-corrected chi connectivity index (χ2v) is 9.29. The van der Waals surface area contributed by atoms with Crippen molar-refractivity contribution in [1.29, 1.82) is 0 Å². The van der Waals surface area contributed by atoms with Crippen molar-refractivity contribution < 1.29 is 8.42 Å². The summed E-state index contributed by atoms with van der Waals surface area (Å²) in [6.45, 7) is 3.31. The highest BCUT2D eigenvalue weighted by Gasteiger charge is 2.33. The van der Waals surface area contributed by atoms with Gasteiger partial charge in [0, 0.05) is 35.7 Å². The van der Waals surface area contributed by atoms with Gasteiger partial charge in [0.25, 0.3) is 0 Å². The Bertz CT molecular complexity index is 556. The van der Waals surface area contributed by atoms with E-state index in [1.807, 2.05) is 4.90 Å². The minimum absolute atomic E-state index is 0.465. The second-order valence-electron chi connectivity index (χ2n) is 4.87. The van der Waals surface area contributed by atoms with E-state index >= 15 is 0 Å². The van der Waals surface area contributed by atoms with Crippen molar-refractivity contribution in [3.63, 3.8) is 0 Å². The van der Waals surface area contributed by atoms with Crippen LogP contribution in [0.3, 0.4) is 0 Å². The lowest BCUT2D eigenvalue weighted by molar-refractivity contribution is 0.584. The molecule has 1 saturated heterocycles. The van der Waals surface area contributed by atoms with Crippen LogP contribution < -0.4 is 10.6 Å². The van der Waals surface area contributed by atoms with Crippen molar-refractivity contribution in [2.45, 2.75) is 31.7 Å². The van der Waals surface area contributed by atoms with Gasteiger partial charge < -0.3 is 10.6 Å². The molecule has 0 amide bonds. The van der Waals surface area contributed by atoms with Crippen LogP contribution in [0.1, 0.15) is 23.9 Å². The Morgan fingerprint density at radius 3 is 2.85 bits per heavy atom. The fourth-order valence-corrected chi connectivity index (χ4v) is 6.19. The number of aromatic nitrogens is 1. The predicted octanol–water partition coefficient (Wildman–Crippen LogP) is 1.48. The van der Waals surface area contributed by atoms with Crippen LogP contribution in [0.25, 0.3) is 0 Å². The fourth-order valence-electron chi connectivity index (χ4n) is 2.24. The first-order valence-corrected chi connectivity index (χ1v) is 10.6. The number of nitrogens with two attached hydrogens (primary N) is 1. The monoisotopic (exact) mass is 335 g/mol. The van der Waals surface area contributed by atoms with Crippen LogP contribution in [-0.2, 0) is 22.8 Å². The highest BCUT2D eigenvalue weighted by molar-refractivity contribution is 8.01. The summed E-state index contributed by atoms with van der Waals surface area (Å²) in [6.07, 6.45) is 3.22. The molecule has 1 atom stereocenters. The number of thiazole rings is 1. The molecule has 1 aromatic rings. The number of nitrogens with zero attached hydrogens (tertiary/aromatic N) is 2. The van der Waals surface area contributed by atoms with Crippen LogP contribution in [0, 0.1) is 0 Å². The van der Waals surface area contributed by atoms with Gasteiger partial charge in [-0.1, -0.05) is 13.3 Å². The molecule has 2 heterocycles. The number of hydrogen-bond acceptors (Lipinski definition) is 7. The Morgan fingerprint density at radius 2 is 2.25 bits per heavy atom. The molecule has 0 saturated carbocycles. The smallest absolute Gasteiger partial charge is 0.186 e. The summed E-state index contributed by atoms with van der Waals surface area (Å²) in [5.41, 5.74) is 6.80. The van der Waals surface area contributed by atoms with Crippen molar-refractivity contribution in [2.75, 3.05) is 29.2 Å². The highest BCUT2D eigenvalue weighted by atomic mass is 32.2. The van der Waals surface area contributed by atoms with Crippen LogP contribution in [0.5, 0.6) is 0 Å². The number of anilines is 1. The standard InChI is InChI=1S/C12H21N3O2S3/c1-3-4-9-10(7-13)19-12(14-9)15-5-6-18-8-11(15)20(2,16)17/h11H,3-8,13H2,1-2H3. The topological polar surface area (TPSA) is 76.3 Å². The number of sulfone groups is 1. The molecule has 2 rings (SSSR count). The summed E-state index contributed by atoms with van der Waals surface area (Å²) in [6, 6.07) is 0. The largest absolute Gasteiger partial charge is 0.329 e. The van der Waals surface area contributed by atoms with Crippen molar-refractivity contribution in [3.8, 4) is 0 Å². The van der Waals surface area contributed by atoms with E-state index in [0.29, 0.717) is 12.3 Å². The molecule has 1 aliphatic heterocycles. The van der Waals surface area contributed by atoms with E-state index in [1.54, 1.807) is 23.1 Å². The molecular formula is C12H21N3O2S3. The Labute approximate surface area is 128 Å². The quantitative estimate of drug-likeness (QED) is 0.878. The number of thioether (sulfide) groups is 1. The van der Waals surface area contributed by atoms with Crippen molar-refractivity contribution >= 4 is 38.1 Å². The molecule has 8 heteroatoms. The Hall–Kier alpha value is -0.310. The Morgan fingerprint density at radius 1 is 1.50 bits per heavy atom. The van der Waals surface area contributed by atoms with Gasteiger partial charge in [0.1, 0.15) is 5.37 Å². The summed E-state index contributed by atoms with van der Waals surface area (Å²) < 4.78 is 23.9. The number of aryl methyl sites for hydroxylation is 1. The van der Waals surface area contributed by atoms with Gasteiger partial charge >= 0.3 is 0 Å². The molecule has 1 aromatic heterocycles. The lowest BCUT2D eigenvalue weighted by atomic mass is 10.2. The van der Waals surface area contributed by atoms with E-state index in [9.17, 15) is 8.42 Å². The van der Waals surface area contributed by atoms with Gasteiger partial charge in [-0.2, -0.15) is 11.8 Å².